The van der Waals surface area contributed by atoms with Crippen molar-refractivity contribution in [3.63, 3.8) is 0 Å². The van der Waals surface area contributed by atoms with Crippen molar-refractivity contribution in [1.29, 1.82) is 0 Å². The molecule has 0 bridgehead atoms. The number of Topliss-reactive ketones (excluding diaryl/α,β-unsaturated/α-hetero) is 1. The second-order valence-electron chi connectivity index (χ2n) is 5.73. The fourth-order valence-corrected chi connectivity index (χ4v) is 2.43. The first-order valence-electron chi connectivity index (χ1n) is 7.94. The average Bonchev–Trinajstić information content (AvgIpc) is 2.61. The number of ketones is 1. The molecule has 6 heteroatoms. The van der Waals surface area contributed by atoms with Crippen LogP contribution >= 0.6 is 0 Å². The van der Waals surface area contributed by atoms with Crippen LogP contribution in [0, 0.1) is 0 Å². The van der Waals surface area contributed by atoms with Crippen molar-refractivity contribution >= 4 is 34.3 Å². The van der Waals surface area contributed by atoms with Gasteiger partial charge in [-0.05, 0) is 43.3 Å². The van der Waals surface area contributed by atoms with Crippen LogP contribution in [-0.2, 0) is 4.79 Å². The molecular formula is C20H16N2O4. The molecule has 0 unspecified atom stereocenters. The Bertz CT molecular complexity index is 1080. The summed E-state index contributed by atoms with van der Waals surface area (Å²) in [5, 5.41) is 2.95. The number of carbonyl (C=O) groups excluding carboxylic acids is 3. The van der Waals surface area contributed by atoms with Crippen LogP contribution in [0.2, 0.25) is 0 Å². The molecule has 0 aliphatic rings. The van der Waals surface area contributed by atoms with E-state index in [-0.39, 0.29) is 16.9 Å². The minimum atomic E-state index is -0.592. The Labute approximate surface area is 149 Å². The number of nitrogens with zero attached hydrogens (tertiary/aromatic N) is 1. The minimum Gasteiger partial charge on any atom is -0.438 e. The Morgan fingerprint density at radius 2 is 1.65 bits per heavy atom. The minimum absolute atomic E-state index is 0.0477. The highest BCUT2D eigenvalue weighted by Crippen LogP contribution is 2.16. The van der Waals surface area contributed by atoms with Crippen LogP contribution in [0.15, 0.2) is 64.0 Å². The molecule has 0 saturated heterocycles. The van der Waals surface area contributed by atoms with Crippen molar-refractivity contribution < 1.29 is 18.8 Å². The van der Waals surface area contributed by atoms with E-state index in [9.17, 15) is 14.4 Å². The number of hydrogen-bond acceptors (Lipinski definition) is 5. The summed E-state index contributed by atoms with van der Waals surface area (Å²) in [6, 6.07) is 15.4. The normalized spacial score (nSPS) is 11.4. The molecule has 1 N–H and O–H groups in total. The highest BCUT2D eigenvalue weighted by atomic mass is 16.3. The maximum Gasteiger partial charge on any atom is 0.263 e. The van der Waals surface area contributed by atoms with Crippen LogP contribution in [0.4, 0.5) is 5.69 Å². The molecule has 2 amide bonds. The first-order chi connectivity index (χ1) is 12.4. The van der Waals surface area contributed by atoms with Gasteiger partial charge in [0.2, 0.25) is 11.5 Å². The van der Waals surface area contributed by atoms with E-state index in [1.807, 2.05) is 12.1 Å². The molecule has 1 heterocycles. The predicted octanol–water partition coefficient (Wildman–Crippen LogP) is 3.14. The highest BCUT2D eigenvalue weighted by molar-refractivity contribution is 6.05. The van der Waals surface area contributed by atoms with Crippen LogP contribution in [-0.4, -0.2) is 17.6 Å². The van der Waals surface area contributed by atoms with Gasteiger partial charge in [-0.2, -0.15) is 0 Å². The Morgan fingerprint density at radius 3 is 2.31 bits per heavy atom. The molecular weight excluding hydrogens is 332 g/mol. The van der Waals surface area contributed by atoms with Gasteiger partial charge in [0.05, 0.1) is 5.69 Å². The van der Waals surface area contributed by atoms with Crippen molar-refractivity contribution in [2.45, 2.75) is 13.8 Å². The zero-order valence-corrected chi connectivity index (χ0v) is 14.3. The van der Waals surface area contributed by atoms with E-state index in [0.717, 1.165) is 0 Å². The lowest BCUT2D eigenvalue weighted by Gasteiger charge is -2.04. The second kappa shape index (κ2) is 7.14. The second-order valence-corrected chi connectivity index (χ2v) is 5.73. The molecule has 0 fully saturated rings. The first-order valence-corrected chi connectivity index (χ1v) is 7.94. The maximum atomic E-state index is 12.4. The number of imide groups is 1. The Balaban J connectivity index is 2.16. The smallest absolute Gasteiger partial charge is 0.263 e. The number of rotatable bonds is 3. The number of para-hydroxylation sites is 1. The largest absolute Gasteiger partial charge is 0.438 e. The molecule has 0 spiro atoms. The number of carbonyl (C=O) groups is 3. The number of benzene rings is 2. The molecule has 0 radical (unpaired) electrons. The Hall–Kier alpha value is -3.54. The van der Waals surface area contributed by atoms with Gasteiger partial charge in [-0.3, -0.25) is 19.7 Å². The molecule has 0 atom stereocenters. The summed E-state index contributed by atoms with van der Waals surface area (Å²) < 4.78 is 5.77. The van der Waals surface area contributed by atoms with Crippen LogP contribution < -0.4 is 10.9 Å². The van der Waals surface area contributed by atoms with Gasteiger partial charge in [-0.15, -0.1) is 0 Å². The summed E-state index contributed by atoms with van der Waals surface area (Å²) in [4.78, 5) is 39.3. The topological polar surface area (TPSA) is 88.7 Å². The molecule has 6 nitrogen and oxygen atoms in total. The lowest BCUT2D eigenvalue weighted by molar-refractivity contribution is -0.118. The maximum absolute atomic E-state index is 12.4. The van der Waals surface area contributed by atoms with Crippen molar-refractivity contribution in [1.82, 2.24) is 5.32 Å². The van der Waals surface area contributed by atoms with Crippen LogP contribution in [0.25, 0.3) is 11.0 Å². The fraction of sp³-hybridized carbons (Fsp3) is 0.100. The SMILES string of the molecule is CC(=O)NC(=O)c1cc2ccccc2oc1=Nc1ccc(C(C)=O)cc1. The number of amides is 2. The van der Waals surface area contributed by atoms with Gasteiger partial charge in [-0.25, -0.2) is 4.99 Å². The predicted molar refractivity (Wildman–Crippen MR) is 96.0 cm³/mol. The van der Waals surface area contributed by atoms with Crippen molar-refractivity contribution in [2.24, 2.45) is 4.99 Å². The van der Waals surface area contributed by atoms with Crippen LogP contribution in [0.5, 0.6) is 0 Å². The fourth-order valence-electron chi connectivity index (χ4n) is 2.43. The molecule has 3 rings (SSSR count). The third-order valence-electron chi connectivity index (χ3n) is 3.69. The zero-order chi connectivity index (χ0) is 18.7. The number of fused-ring (bicyclic) bond motifs is 1. The molecule has 26 heavy (non-hydrogen) atoms. The van der Waals surface area contributed by atoms with Gasteiger partial charge < -0.3 is 4.42 Å². The Kier molecular flexibility index (Phi) is 4.75. The van der Waals surface area contributed by atoms with Crippen LogP contribution in [0.3, 0.4) is 0 Å². The zero-order valence-electron chi connectivity index (χ0n) is 14.3. The molecule has 1 aromatic heterocycles. The van der Waals surface area contributed by atoms with Crippen molar-refractivity contribution in [3.8, 4) is 0 Å². The van der Waals surface area contributed by atoms with Gasteiger partial charge in [0.1, 0.15) is 11.1 Å². The summed E-state index contributed by atoms with van der Waals surface area (Å²) in [6.45, 7) is 2.74. The third kappa shape index (κ3) is 3.75. The van der Waals surface area contributed by atoms with Gasteiger partial charge in [0, 0.05) is 17.9 Å². The van der Waals surface area contributed by atoms with Gasteiger partial charge >= 0.3 is 0 Å². The average molecular weight is 348 g/mol. The van der Waals surface area contributed by atoms with E-state index < -0.39 is 11.8 Å². The molecule has 0 saturated carbocycles. The quantitative estimate of drug-likeness (QED) is 0.737. The van der Waals surface area contributed by atoms with Gasteiger partial charge in [-0.1, -0.05) is 18.2 Å². The summed E-state index contributed by atoms with van der Waals surface area (Å²) in [6.07, 6.45) is 0. The standard InChI is InChI=1S/C20H16N2O4/c1-12(23)14-7-9-16(10-8-14)22-20-17(19(25)21-13(2)24)11-15-5-3-4-6-18(15)26-20/h3-11H,1-2H3,(H,21,24,25). The van der Waals surface area contributed by atoms with E-state index >= 15 is 0 Å². The van der Waals surface area contributed by atoms with E-state index in [1.54, 1.807) is 42.5 Å². The first kappa shape index (κ1) is 17.3. The molecule has 3 aromatic rings. The molecule has 130 valence electrons. The summed E-state index contributed by atoms with van der Waals surface area (Å²) in [7, 11) is 0. The Morgan fingerprint density at radius 1 is 0.962 bits per heavy atom. The van der Waals surface area contributed by atoms with E-state index in [0.29, 0.717) is 22.2 Å². The van der Waals surface area contributed by atoms with E-state index in [1.165, 1.54) is 13.8 Å². The number of hydrogen-bond donors (Lipinski definition) is 1. The molecule has 0 aliphatic heterocycles. The lowest BCUT2D eigenvalue weighted by atomic mass is 10.1. The van der Waals surface area contributed by atoms with Crippen LogP contribution in [0.1, 0.15) is 34.6 Å². The van der Waals surface area contributed by atoms with Gasteiger partial charge in [0.25, 0.3) is 5.91 Å². The van der Waals surface area contributed by atoms with E-state index in [4.69, 9.17) is 4.42 Å². The van der Waals surface area contributed by atoms with E-state index in [2.05, 4.69) is 10.3 Å². The molecule has 0 aliphatic carbocycles. The lowest BCUT2D eigenvalue weighted by Crippen LogP contribution is -2.32. The van der Waals surface area contributed by atoms with Crippen molar-refractivity contribution in [2.75, 3.05) is 0 Å². The van der Waals surface area contributed by atoms with Crippen molar-refractivity contribution in [3.05, 3.63) is 71.3 Å². The number of nitrogens with one attached hydrogen (secondary N) is 1. The molecule has 2 aromatic carbocycles. The van der Waals surface area contributed by atoms with Gasteiger partial charge in [0.15, 0.2) is 5.78 Å². The summed E-state index contributed by atoms with van der Waals surface area (Å²) in [5.74, 6) is -1.11. The summed E-state index contributed by atoms with van der Waals surface area (Å²) >= 11 is 0. The highest BCUT2D eigenvalue weighted by Gasteiger charge is 2.13. The summed E-state index contributed by atoms with van der Waals surface area (Å²) in [5.41, 5.74) is 1.87. The monoisotopic (exact) mass is 348 g/mol. The third-order valence-corrected chi connectivity index (χ3v) is 3.69.